The van der Waals surface area contributed by atoms with E-state index in [0.29, 0.717) is 17.8 Å². The normalized spacial score (nSPS) is 26.4. The Balaban J connectivity index is 1.81. The van der Waals surface area contributed by atoms with Crippen LogP contribution in [0.3, 0.4) is 0 Å². The smallest absolute Gasteiger partial charge is 0.371 e. The molecule has 1 saturated carbocycles. The molecule has 0 aliphatic heterocycles. The van der Waals surface area contributed by atoms with Crippen molar-refractivity contribution in [3.05, 3.63) is 0 Å². The van der Waals surface area contributed by atoms with Crippen LogP contribution in [0, 0.1) is 5.92 Å². The molecule has 0 aromatic carbocycles. The van der Waals surface area contributed by atoms with E-state index in [2.05, 4.69) is 10.1 Å². The van der Waals surface area contributed by atoms with E-state index >= 15 is 0 Å². The quantitative estimate of drug-likeness (QED) is 0.572. The maximum atomic E-state index is 11.6. The lowest BCUT2D eigenvalue weighted by molar-refractivity contribution is -0.173. The first-order valence-electron chi connectivity index (χ1n) is 4.96. The first-order valence-corrected chi connectivity index (χ1v) is 5.40. The Morgan fingerprint density at radius 2 is 2.00 bits per heavy atom. The van der Waals surface area contributed by atoms with Crippen LogP contribution < -0.4 is 5.32 Å². The summed E-state index contributed by atoms with van der Waals surface area (Å²) in [5.41, 5.74) is 0. The fourth-order valence-corrected chi connectivity index (χ4v) is 1.96. The number of hydrogen-bond donors (Lipinski definition) is 1. The maximum absolute atomic E-state index is 11.6. The summed E-state index contributed by atoms with van der Waals surface area (Å²) in [7, 11) is 0. The average molecular weight is 246 g/mol. The average Bonchev–Trinajstić information content (AvgIpc) is 2.05. The highest BCUT2D eigenvalue weighted by molar-refractivity contribution is 6.21. The molecule has 0 spiro atoms. The molecule has 1 N–H and O–H groups in total. The molecule has 1 fully saturated rings. The van der Waals surface area contributed by atoms with Crippen LogP contribution >= 0.6 is 11.6 Å². The molecule has 15 heavy (non-hydrogen) atoms. The molecule has 2 nitrogen and oxygen atoms in total. The molecule has 6 heteroatoms. The van der Waals surface area contributed by atoms with Gasteiger partial charge in [-0.3, -0.25) is 0 Å². The lowest BCUT2D eigenvalue weighted by atomic mass is 9.85. The second-order valence-corrected chi connectivity index (χ2v) is 4.42. The molecule has 0 radical (unpaired) electrons. The van der Waals surface area contributed by atoms with Crippen molar-refractivity contribution in [2.45, 2.75) is 24.4 Å². The highest BCUT2D eigenvalue weighted by Gasteiger charge is 2.27. The third-order valence-electron chi connectivity index (χ3n) is 2.30. The lowest BCUT2D eigenvalue weighted by Gasteiger charge is -2.30. The number of alkyl halides is 4. The predicted molar refractivity (Wildman–Crippen MR) is 52.1 cm³/mol. The van der Waals surface area contributed by atoms with Gasteiger partial charge in [-0.2, -0.15) is 13.2 Å². The van der Waals surface area contributed by atoms with E-state index in [1.807, 2.05) is 0 Å². The molecule has 1 aliphatic rings. The highest BCUT2D eigenvalue weighted by Crippen LogP contribution is 2.30. The van der Waals surface area contributed by atoms with E-state index in [9.17, 15) is 13.2 Å². The van der Waals surface area contributed by atoms with Crippen LogP contribution in [0.4, 0.5) is 13.2 Å². The second-order valence-electron chi connectivity index (χ2n) is 3.81. The highest BCUT2D eigenvalue weighted by atomic mass is 35.5. The Labute approximate surface area is 92.1 Å². The van der Waals surface area contributed by atoms with E-state index in [-0.39, 0.29) is 6.61 Å². The van der Waals surface area contributed by atoms with Crippen LogP contribution in [0.5, 0.6) is 0 Å². The van der Waals surface area contributed by atoms with Gasteiger partial charge in [0, 0.05) is 11.9 Å². The van der Waals surface area contributed by atoms with Crippen LogP contribution in [0.15, 0.2) is 0 Å². The first-order chi connectivity index (χ1) is 6.97. The second kappa shape index (κ2) is 5.92. The van der Waals surface area contributed by atoms with E-state index in [1.54, 1.807) is 0 Å². The summed E-state index contributed by atoms with van der Waals surface area (Å²) in [5, 5.41) is 3.33. The molecule has 0 saturated heterocycles. The van der Waals surface area contributed by atoms with Gasteiger partial charge in [0.1, 0.15) is 6.61 Å². The van der Waals surface area contributed by atoms with E-state index in [1.165, 1.54) is 0 Å². The molecular weight excluding hydrogens is 231 g/mol. The van der Waals surface area contributed by atoms with Gasteiger partial charge in [0.25, 0.3) is 0 Å². The minimum absolute atomic E-state index is 0.0938. The van der Waals surface area contributed by atoms with Gasteiger partial charge in [0.05, 0.1) is 6.61 Å². The number of nitrogens with one attached hydrogen (secondary N) is 1. The zero-order valence-corrected chi connectivity index (χ0v) is 9.07. The van der Waals surface area contributed by atoms with Crippen molar-refractivity contribution in [2.24, 2.45) is 5.92 Å². The molecule has 0 aromatic heterocycles. The number of ether oxygens (including phenoxy) is 1. The molecule has 0 heterocycles. The molecule has 0 bridgehead atoms. The summed E-state index contributed by atoms with van der Waals surface area (Å²) in [5.74, 6) is 0.579. The molecule has 1 aliphatic carbocycles. The maximum Gasteiger partial charge on any atom is 0.411 e. The molecule has 0 atom stereocenters. The largest absolute Gasteiger partial charge is 0.411 e. The van der Waals surface area contributed by atoms with Gasteiger partial charge in [0.2, 0.25) is 0 Å². The topological polar surface area (TPSA) is 21.3 Å². The minimum Gasteiger partial charge on any atom is -0.371 e. The van der Waals surface area contributed by atoms with Crippen molar-refractivity contribution in [1.29, 1.82) is 0 Å². The SMILES string of the molecule is FC(F)(F)COCCNCC1CC(Cl)C1. The molecule has 0 unspecified atom stereocenters. The van der Waals surface area contributed by atoms with Gasteiger partial charge in [-0.25, -0.2) is 0 Å². The summed E-state index contributed by atoms with van der Waals surface area (Å²) in [4.78, 5) is 0. The van der Waals surface area contributed by atoms with Crippen LogP contribution in [-0.4, -0.2) is 37.9 Å². The summed E-state index contributed by atoms with van der Waals surface area (Å²) in [6.07, 6.45) is -2.23. The fourth-order valence-electron chi connectivity index (χ4n) is 1.46. The number of halogens is 4. The molecular formula is C9H15ClF3NO. The third kappa shape index (κ3) is 6.22. The molecule has 0 amide bonds. The zero-order valence-electron chi connectivity index (χ0n) is 8.32. The van der Waals surface area contributed by atoms with Crippen LogP contribution in [0.1, 0.15) is 12.8 Å². The van der Waals surface area contributed by atoms with Gasteiger partial charge in [-0.1, -0.05) is 0 Å². The Bertz CT molecular complexity index is 183. The monoisotopic (exact) mass is 245 g/mol. The molecule has 0 aromatic rings. The van der Waals surface area contributed by atoms with E-state index in [4.69, 9.17) is 11.6 Å². The van der Waals surface area contributed by atoms with E-state index in [0.717, 1.165) is 19.4 Å². The Kier molecular flexibility index (Phi) is 5.15. The van der Waals surface area contributed by atoms with Crippen LogP contribution in [-0.2, 0) is 4.74 Å². The van der Waals surface area contributed by atoms with Crippen LogP contribution in [0.25, 0.3) is 0 Å². The summed E-state index contributed by atoms with van der Waals surface area (Å²) < 4.78 is 39.4. The standard InChI is InChI=1S/C9H15ClF3NO/c10-8-3-7(4-8)5-14-1-2-15-6-9(11,12)13/h7-8,14H,1-6H2. The van der Waals surface area contributed by atoms with Crippen molar-refractivity contribution in [3.8, 4) is 0 Å². The third-order valence-corrected chi connectivity index (χ3v) is 2.66. The minimum atomic E-state index is -4.22. The molecule has 1 rings (SSSR count). The van der Waals surface area contributed by atoms with Gasteiger partial charge < -0.3 is 10.1 Å². The first kappa shape index (κ1) is 13.1. The van der Waals surface area contributed by atoms with Crippen molar-refractivity contribution in [2.75, 3.05) is 26.3 Å². The van der Waals surface area contributed by atoms with Crippen molar-refractivity contribution >= 4 is 11.6 Å². The Morgan fingerprint density at radius 1 is 1.33 bits per heavy atom. The van der Waals surface area contributed by atoms with Gasteiger partial charge in [0.15, 0.2) is 0 Å². The summed E-state index contributed by atoms with van der Waals surface area (Å²) in [6.45, 7) is 0.205. The summed E-state index contributed by atoms with van der Waals surface area (Å²) >= 11 is 5.78. The Morgan fingerprint density at radius 3 is 2.53 bits per heavy atom. The number of rotatable bonds is 6. The van der Waals surface area contributed by atoms with Gasteiger partial charge in [-0.05, 0) is 25.3 Å². The Hall–Kier alpha value is 0. The van der Waals surface area contributed by atoms with Crippen molar-refractivity contribution < 1.29 is 17.9 Å². The van der Waals surface area contributed by atoms with Crippen LogP contribution in [0.2, 0.25) is 0 Å². The lowest BCUT2D eigenvalue weighted by Crippen LogP contribution is -2.35. The number of hydrogen-bond acceptors (Lipinski definition) is 2. The summed E-state index contributed by atoms with van der Waals surface area (Å²) in [6, 6.07) is 0. The van der Waals surface area contributed by atoms with Gasteiger partial charge >= 0.3 is 6.18 Å². The molecule has 90 valence electrons. The predicted octanol–water partition coefficient (Wildman–Crippen LogP) is 2.17. The fraction of sp³-hybridized carbons (Fsp3) is 1.00. The van der Waals surface area contributed by atoms with E-state index < -0.39 is 12.8 Å². The van der Waals surface area contributed by atoms with Gasteiger partial charge in [-0.15, -0.1) is 11.6 Å². The van der Waals surface area contributed by atoms with Crippen molar-refractivity contribution in [3.63, 3.8) is 0 Å². The van der Waals surface area contributed by atoms with Crippen molar-refractivity contribution in [1.82, 2.24) is 5.32 Å². The zero-order chi connectivity index (χ0) is 11.3.